The van der Waals surface area contributed by atoms with Crippen molar-refractivity contribution in [1.29, 1.82) is 0 Å². The van der Waals surface area contributed by atoms with Gasteiger partial charge in [-0.05, 0) is 61.1 Å². The van der Waals surface area contributed by atoms with Crippen LogP contribution in [0.15, 0.2) is 53.5 Å². The third kappa shape index (κ3) is 3.20. The van der Waals surface area contributed by atoms with Gasteiger partial charge < -0.3 is 10.0 Å². The van der Waals surface area contributed by atoms with E-state index in [0.717, 1.165) is 0 Å². The van der Waals surface area contributed by atoms with E-state index in [1.54, 1.807) is 29.3 Å². The highest BCUT2D eigenvalue weighted by Crippen LogP contribution is 2.39. The van der Waals surface area contributed by atoms with E-state index in [9.17, 15) is 23.5 Å². The first-order valence-corrected chi connectivity index (χ1v) is 10.9. The summed E-state index contributed by atoms with van der Waals surface area (Å²) >= 11 is 0. The Bertz CT molecular complexity index is 1280. The molecular weight excluding hydrogens is 428 g/mol. The second-order valence-electron chi connectivity index (χ2n) is 8.69. The number of benzene rings is 2. The summed E-state index contributed by atoms with van der Waals surface area (Å²) in [6, 6.07) is 9.90. The van der Waals surface area contributed by atoms with Crippen LogP contribution in [0.5, 0.6) is 5.75 Å². The molecule has 2 heterocycles. The highest BCUT2D eigenvalue weighted by Gasteiger charge is 2.39. The Morgan fingerprint density at radius 3 is 2.06 bits per heavy atom. The minimum atomic E-state index is -0.668. The minimum Gasteiger partial charge on any atom is -0.502 e. The molecule has 0 spiro atoms. The van der Waals surface area contributed by atoms with Gasteiger partial charge in [0.05, 0.1) is 6.04 Å². The third-order valence-electron chi connectivity index (χ3n) is 6.54. The van der Waals surface area contributed by atoms with Crippen molar-refractivity contribution < 1.29 is 18.7 Å². The largest absolute Gasteiger partial charge is 0.502 e. The van der Waals surface area contributed by atoms with Gasteiger partial charge in [-0.25, -0.2) is 8.78 Å². The van der Waals surface area contributed by atoms with Crippen molar-refractivity contribution in [3.05, 3.63) is 98.5 Å². The molecule has 0 radical (unpaired) electrons. The highest BCUT2D eigenvalue weighted by atomic mass is 19.1. The van der Waals surface area contributed by atoms with Gasteiger partial charge in [-0.3, -0.25) is 19.3 Å². The summed E-state index contributed by atoms with van der Waals surface area (Å²) in [7, 11) is 0. The first-order valence-electron chi connectivity index (χ1n) is 10.9. The van der Waals surface area contributed by atoms with Gasteiger partial charge in [0.2, 0.25) is 5.43 Å². The van der Waals surface area contributed by atoms with E-state index < -0.39 is 23.1 Å². The topological polar surface area (TPSA) is 65.8 Å². The zero-order chi connectivity index (χ0) is 23.4. The van der Waals surface area contributed by atoms with E-state index in [-0.39, 0.29) is 30.0 Å². The van der Waals surface area contributed by atoms with E-state index in [1.165, 1.54) is 34.0 Å². The average molecular weight is 451 g/mol. The Balaban J connectivity index is 1.82. The second-order valence-corrected chi connectivity index (χ2v) is 8.69. The number of fused-ring (bicyclic) bond motifs is 3. The molecule has 1 N–H and O–H groups in total. The normalized spacial score (nSPS) is 15.8. The van der Waals surface area contributed by atoms with Crippen molar-refractivity contribution in [2.24, 2.45) is 0 Å². The van der Waals surface area contributed by atoms with Gasteiger partial charge in [-0.15, -0.1) is 0 Å². The minimum absolute atomic E-state index is 0.0996. The summed E-state index contributed by atoms with van der Waals surface area (Å²) in [6.07, 6.45) is 2.08. The maximum atomic E-state index is 14.9. The number of aromatic hydroxyl groups is 1. The number of carbonyl (C=O) groups excluding carboxylic acids is 1. The zero-order valence-electron chi connectivity index (χ0n) is 18.3. The molecule has 0 bridgehead atoms. The molecule has 6 nitrogen and oxygen atoms in total. The molecular formula is C25H23F2N3O3. The van der Waals surface area contributed by atoms with Crippen LogP contribution in [0.3, 0.4) is 0 Å². The average Bonchev–Trinajstić information content (AvgIpc) is 2.95. The van der Waals surface area contributed by atoms with Gasteiger partial charge in [-0.1, -0.05) is 24.3 Å². The van der Waals surface area contributed by atoms with Gasteiger partial charge in [0.25, 0.3) is 5.91 Å². The summed E-state index contributed by atoms with van der Waals surface area (Å²) in [4.78, 5) is 26.9. The standard InChI is InChI=1S/C25H23F2N3O3/c1-14(2)28-13-30(29-12-11-21(31)24(32)23(29)25(28)33)22-17-5-3-7-19(26)15(17)9-10-16-18(22)6-4-8-20(16)27/h3-8,11-12,14,22,32H,9-10,13H2,1-2H3. The molecule has 8 heteroatoms. The number of rotatable bonds is 2. The molecule has 33 heavy (non-hydrogen) atoms. The number of nitrogens with zero attached hydrogens (tertiary/aromatic N) is 3. The first-order chi connectivity index (χ1) is 15.8. The van der Waals surface area contributed by atoms with Crippen LogP contribution in [0.25, 0.3) is 0 Å². The molecule has 1 aliphatic heterocycles. The van der Waals surface area contributed by atoms with Crippen molar-refractivity contribution >= 4 is 5.91 Å². The molecule has 0 unspecified atom stereocenters. The third-order valence-corrected chi connectivity index (χ3v) is 6.54. The van der Waals surface area contributed by atoms with Crippen molar-refractivity contribution in [3.63, 3.8) is 0 Å². The molecule has 1 amide bonds. The zero-order valence-corrected chi connectivity index (χ0v) is 18.3. The fourth-order valence-corrected chi connectivity index (χ4v) is 4.89. The number of halogens is 2. The van der Waals surface area contributed by atoms with Crippen LogP contribution >= 0.6 is 0 Å². The molecule has 5 rings (SSSR count). The van der Waals surface area contributed by atoms with Gasteiger partial charge in [-0.2, -0.15) is 0 Å². The molecule has 0 atom stereocenters. The maximum Gasteiger partial charge on any atom is 0.278 e. The smallest absolute Gasteiger partial charge is 0.278 e. The quantitative estimate of drug-likeness (QED) is 0.648. The van der Waals surface area contributed by atoms with Crippen LogP contribution in [-0.4, -0.2) is 33.3 Å². The first kappa shape index (κ1) is 21.2. The van der Waals surface area contributed by atoms with Crippen molar-refractivity contribution in [1.82, 2.24) is 9.58 Å². The number of aromatic nitrogens is 1. The summed E-state index contributed by atoms with van der Waals surface area (Å²) in [5.74, 6) is -1.88. The van der Waals surface area contributed by atoms with Crippen LogP contribution in [-0.2, 0) is 12.8 Å². The number of pyridine rings is 1. The number of carbonyl (C=O) groups is 1. The fourth-order valence-electron chi connectivity index (χ4n) is 4.89. The van der Waals surface area contributed by atoms with Gasteiger partial charge in [0.1, 0.15) is 18.3 Å². The highest BCUT2D eigenvalue weighted by molar-refractivity contribution is 5.96. The van der Waals surface area contributed by atoms with Gasteiger partial charge >= 0.3 is 0 Å². The summed E-state index contributed by atoms with van der Waals surface area (Å²) in [6.45, 7) is 3.76. The van der Waals surface area contributed by atoms with Gasteiger partial charge in [0, 0.05) is 18.3 Å². The molecule has 0 saturated carbocycles. The number of hydrogen-bond donors (Lipinski definition) is 1. The molecule has 170 valence electrons. The lowest BCUT2D eigenvalue weighted by Gasteiger charge is -2.45. The van der Waals surface area contributed by atoms with Crippen LogP contribution in [0.4, 0.5) is 8.78 Å². The number of amides is 1. The predicted octanol–water partition coefficient (Wildman–Crippen LogP) is 3.48. The Morgan fingerprint density at radius 2 is 1.52 bits per heavy atom. The van der Waals surface area contributed by atoms with E-state index >= 15 is 0 Å². The lowest BCUT2D eigenvalue weighted by Crippen LogP contribution is -2.57. The molecule has 2 aromatic carbocycles. The van der Waals surface area contributed by atoms with Crippen LogP contribution in [0.1, 0.15) is 52.6 Å². The molecule has 1 aromatic heterocycles. The van der Waals surface area contributed by atoms with E-state index in [4.69, 9.17) is 0 Å². The number of hydrogen-bond acceptors (Lipinski definition) is 4. The lowest BCUT2D eigenvalue weighted by atomic mass is 9.93. The summed E-state index contributed by atoms with van der Waals surface area (Å²) < 4.78 is 31.3. The summed E-state index contributed by atoms with van der Waals surface area (Å²) in [5, 5.41) is 12.3. The van der Waals surface area contributed by atoms with Gasteiger partial charge in [0.15, 0.2) is 11.4 Å². The Labute approximate surface area is 189 Å². The lowest BCUT2D eigenvalue weighted by molar-refractivity contribution is 0.0621. The van der Waals surface area contributed by atoms with Crippen molar-refractivity contribution in [2.75, 3.05) is 11.7 Å². The predicted molar refractivity (Wildman–Crippen MR) is 119 cm³/mol. The van der Waals surface area contributed by atoms with Crippen LogP contribution in [0, 0.1) is 11.6 Å². The second kappa shape index (κ2) is 7.72. The fraction of sp³-hybridized carbons (Fsp3) is 0.280. The van der Waals surface area contributed by atoms with E-state index in [1.807, 2.05) is 13.8 Å². The Hall–Kier alpha value is -3.68. The van der Waals surface area contributed by atoms with Crippen LogP contribution in [0.2, 0.25) is 0 Å². The molecule has 3 aromatic rings. The Morgan fingerprint density at radius 1 is 0.939 bits per heavy atom. The van der Waals surface area contributed by atoms with Crippen molar-refractivity contribution in [3.8, 4) is 5.75 Å². The summed E-state index contributed by atoms with van der Waals surface area (Å²) in [5.41, 5.74) is 1.44. The molecule has 2 aliphatic rings. The van der Waals surface area contributed by atoms with Crippen LogP contribution < -0.4 is 10.4 Å². The SMILES string of the molecule is CC(C)N1CN(C2c3cccc(F)c3CCc3c(F)cccc32)n2ccc(=O)c(O)c2C1=O. The molecule has 0 fully saturated rings. The van der Waals surface area contributed by atoms with Crippen molar-refractivity contribution in [2.45, 2.75) is 38.8 Å². The maximum absolute atomic E-state index is 14.9. The monoisotopic (exact) mass is 451 g/mol. The van der Waals surface area contributed by atoms with E-state index in [2.05, 4.69) is 0 Å². The van der Waals surface area contributed by atoms with E-state index in [0.29, 0.717) is 35.1 Å². The molecule has 1 aliphatic carbocycles. The molecule has 0 saturated heterocycles. The Kier molecular flexibility index (Phi) is 4.96.